The summed E-state index contributed by atoms with van der Waals surface area (Å²) >= 11 is 0. The molecule has 0 spiro atoms. The van der Waals surface area contributed by atoms with Crippen molar-refractivity contribution in [3.8, 4) is 0 Å². The molecule has 118 valence electrons. The van der Waals surface area contributed by atoms with E-state index in [4.69, 9.17) is 5.73 Å². The van der Waals surface area contributed by atoms with Crippen LogP contribution in [0.25, 0.3) is 0 Å². The van der Waals surface area contributed by atoms with Crippen LogP contribution in [0.2, 0.25) is 0 Å². The van der Waals surface area contributed by atoms with Crippen LogP contribution in [-0.4, -0.2) is 29.6 Å². The van der Waals surface area contributed by atoms with E-state index in [1.54, 1.807) is 38.5 Å². The van der Waals surface area contributed by atoms with E-state index in [1.807, 2.05) is 0 Å². The van der Waals surface area contributed by atoms with Crippen LogP contribution < -0.4 is 5.73 Å². The van der Waals surface area contributed by atoms with Gasteiger partial charge in [0.25, 0.3) is 0 Å². The maximum Gasteiger partial charge on any atom is 0.0113 e. The minimum Gasteiger partial charge on any atom is -0.328 e. The molecule has 4 aliphatic carbocycles. The van der Waals surface area contributed by atoms with Gasteiger partial charge in [-0.2, -0.15) is 0 Å². The standard InChI is InChI=1S/C19H32N2/c20-16-8-17-1-2-18(9-16)21(17)4-3-19-10-13-5-14(11-19)7-15(6-13)12-19/h13-18H,1-12,20H2. The highest BCUT2D eigenvalue weighted by atomic mass is 15.2. The highest BCUT2D eigenvalue weighted by Crippen LogP contribution is 2.61. The molecule has 2 unspecified atom stereocenters. The van der Waals surface area contributed by atoms with Gasteiger partial charge in [0, 0.05) is 18.1 Å². The van der Waals surface area contributed by atoms with E-state index in [-0.39, 0.29) is 0 Å². The molecular formula is C19H32N2. The summed E-state index contributed by atoms with van der Waals surface area (Å²) < 4.78 is 0. The monoisotopic (exact) mass is 288 g/mol. The zero-order valence-corrected chi connectivity index (χ0v) is 13.5. The van der Waals surface area contributed by atoms with Crippen LogP contribution in [0.15, 0.2) is 0 Å². The van der Waals surface area contributed by atoms with Gasteiger partial charge in [-0.05, 0) is 100 Å². The van der Waals surface area contributed by atoms with Crippen LogP contribution >= 0.6 is 0 Å². The Kier molecular flexibility index (Phi) is 3.00. The van der Waals surface area contributed by atoms with Crippen LogP contribution in [0, 0.1) is 23.2 Å². The normalized spacial score (nSPS) is 55.3. The SMILES string of the molecule is NC1CC2CCC(C1)N2CCC12CC3CC(CC(C3)C1)C2. The van der Waals surface area contributed by atoms with E-state index in [0.717, 1.165) is 35.3 Å². The van der Waals surface area contributed by atoms with E-state index in [0.29, 0.717) is 6.04 Å². The summed E-state index contributed by atoms with van der Waals surface area (Å²) in [4.78, 5) is 2.89. The molecule has 2 saturated heterocycles. The quantitative estimate of drug-likeness (QED) is 0.860. The molecule has 4 saturated carbocycles. The summed E-state index contributed by atoms with van der Waals surface area (Å²) in [5.41, 5.74) is 7.01. The second-order valence-corrected chi connectivity index (χ2v) is 9.52. The molecule has 0 radical (unpaired) electrons. The van der Waals surface area contributed by atoms with Crippen LogP contribution in [-0.2, 0) is 0 Å². The fraction of sp³-hybridized carbons (Fsp3) is 1.00. The second-order valence-electron chi connectivity index (χ2n) is 9.52. The first-order chi connectivity index (χ1) is 10.2. The Balaban J connectivity index is 1.27. The van der Waals surface area contributed by atoms with Gasteiger partial charge in [-0.15, -0.1) is 0 Å². The van der Waals surface area contributed by atoms with Gasteiger partial charge in [0.1, 0.15) is 0 Å². The van der Waals surface area contributed by atoms with Crippen molar-refractivity contribution >= 4 is 0 Å². The average Bonchev–Trinajstić information content (AvgIpc) is 2.66. The van der Waals surface area contributed by atoms with E-state index in [1.165, 1.54) is 38.6 Å². The van der Waals surface area contributed by atoms with Crippen molar-refractivity contribution in [3.63, 3.8) is 0 Å². The summed E-state index contributed by atoms with van der Waals surface area (Å²) in [6.45, 7) is 1.40. The molecule has 0 aromatic heterocycles. The highest BCUT2D eigenvalue weighted by Gasteiger charge is 2.51. The molecule has 6 fully saturated rings. The number of nitrogens with zero attached hydrogens (tertiary/aromatic N) is 1. The molecule has 0 amide bonds. The average molecular weight is 288 g/mol. The van der Waals surface area contributed by atoms with Crippen LogP contribution in [0.1, 0.15) is 70.6 Å². The van der Waals surface area contributed by atoms with Gasteiger partial charge in [-0.1, -0.05) is 0 Å². The lowest BCUT2D eigenvalue weighted by Crippen LogP contribution is -2.51. The predicted molar refractivity (Wildman–Crippen MR) is 85.9 cm³/mol. The Labute approximate surface area is 129 Å². The molecule has 2 aliphatic heterocycles. The van der Waals surface area contributed by atoms with Crippen molar-refractivity contribution in [1.29, 1.82) is 0 Å². The van der Waals surface area contributed by atoms with Gasteiger partial charge in [0.2, 0.25) is 0 Å². The Hall–Kier alpha value is -0.0800. The minimum atomic E-state index is 0.498. The number of rotatable bonds is 3. The van der Waals surface area contributed by atoms with Gasteiger partial charge < -0.3 is 5.73 Å². The van der Waals surface area contributed by atoms with E-state index in [2.05, 4.69) is 4.90 Å². The van der Waals surface area contributed by atoms with Crippen molar-refractivity contribution in [2.45, 2.75) is 88.8 Å². The molecule has 2 N–H and O–H groups in total. The molecule has 6 rings (SSSR count). The summed E-state index contributed by atoms with van der Waals surface area (Å²) in [5, 5.41) is 0. The molecule has 0 aromatic rings. The van der Waals surface area contributed by atoms with Crippen LogP contribution in [0.4, 0.5) is 0 Å². The zero-order valence-electron chi connectivity index (χ0n) is 13.5. The largest absolute Gasteiger partial charge is 0.328 e. The third-order valence-electron chi connectivity index (χ3n) is 7.99. The van der Waals surface area contributed by atoms with Crippen molar-refractivity contribution in [1.82, 2.24) is 4.90 Å². The smallest absolute Gasteiger partial charge is 0.0113 e. The zero-order chi connectivity index (χ0) is 14.0. The first-order valence-corrected chi connectivity index (χ1v) is 9.70. The molecule has 2 nitrogen and oxygen atoms in total. The lowest BCUT2D eigenvalue weighted by Gasteiger charge is -2.57. The highest BCUT2D eigenvalue weighted by molar-refractivity contribution is 5.03. The Morgan fingerprint density at radius 3 is 1.86 bits per heavy atom. The van der Waals surface area contributed by atoms with Gasteiger partial charge in [-0.25, -0.2) is 0 Å². The third kappa shape index (κ3) is 2.20. The third-order valence-corrected chi connectivity index (χ3v) is 7.99. The molecule has 2 heterocycles. The van der Waals surface area contributed by atoms with Gasteiger partial charge >= 0.3 is 0 Å². The van der Waals surface area contributed by atoms with Gasteiger partial charge in [0.05, 0.1) is 0 Å². The van der Waals surface area contributed by atoms with Crippen molar-refractivity contribution in [3.05, 3.63) is 0 Å². The number of piperidine rings is 1. The van der Waals surface area contributed by atoms with Crippen molar-refractivity contribution in [2.24, 2.45) is 28.9 Å². The summed E-state index contributed by atoms with van der Waals surface area (Å²) in [6, 6.07) is 2.18. The fourth-order valence-electron chi connectivity index (χ4n) is 7.64. The summed E-state index contributed by atoms with van der Waals surface area (Å²) in [5.74, 6) is 3.34. The first kappa shape index (κ1) is 13.4. The Bertz CT molecular complexity index is 369. The van der Waals surface area contributed by atoms with E-state index in [9.17, 15) is 0 Å². The van der Waals surface area contributed by atoms with Crippen molar-refractivity contribution < 1.29 is 0 Å². The fourth-order valence-corrected chi connectivity index (χ4v) is 7.64. The first-order valence-electron chi connectivity index (χ1n) is 9.70. The summed E-state index contributed by atoms with van der Waals surface area (Å²) in [6.07, 6.45) is 16.4. The summed E-state index contributed by atoms with van der Waals surface area (Å²) in [7, 11) is 0. The molecule has 2 atom stereocenters. The predicted octanol–water partition coefficient (Wildman–Crippen LogP) is 3.55. The minimum absolute atomic E-state index is 0.498. The number of fused-ring (bicyclic) bond motifs is 2. The van der Waals surface area contributed by atoms with Crippen LogP contribution in [0.5, 0.6) is 0 Å². The molecule has 6 aliphatic rings. The number of hydrogen-bond donors (Lipinski definition) is 1. The lowest BCUT2D eigenvalue weighted by molar-refractivity contribution is -0.0640. The maximum absolute atomic E-state index is 6.23. The maximum atomic E-state index is 6.23. The van der Waals surface area contributed by atoms with Gasteiger partial charge in [0.15, 0.2) is 0 Å². The molecule has 0 aromatic carbocycles. The van der Waals surface area contributed by atoms with Crippen LogP contribution in [0.3, 0.4) is 0 Å². The number of nitrogens with two attached hydrogens (primary N) is 1. The Morgan fingerprint density at radius 2 is 1.33 bits per heavy atom. The van der Waals surface area contributed by atoms with Crippen molar-refractivity contribution in [2.75, 3.05) is 6.54 Å². The van der Waals surface area contributed by atoms with E-state index >= 15 is 0 Å². The lowest BCUT2D eigenvalue weighted by atomic mass is 9.49. The topological polar surface area (TPSA) is 29.3 Å². The Morgan fingerprint density at radius 1 is 0.810 bits per heavy atom. The molecule has 6 bridgehead atoms. The molecule has 21 heavy (non-hydrogen) atoms. The number of hydrogen-bond acceptors (Lipinski definition) is 2. The van der Waals surface area contributed by atoms with Gasteiger partial charge in [-0.3, -0.25) is 4.90 Å². The molecular weight excluding hydrogens is 256 g/mol. The van der Waals surface area contributed by atoms with E-state index < -0.39 is 0 Å². The second kappa shape index (κ2) is 4.71. The molecule has 2 heteroatoms.